The van der Waals surface area contributed by atoms with E-state index < -0.39 is 0 Å². The van der Waals surface area contributed by atoms with Crippen LogP contribution < -0.4 is 10.6 Å². The lowest BCUT2D eigenvalue weighted by atomic mass is 10.3. The highest BCUT2D eigenvalue weighted by Gasteiger charge is 2.13. The molecule has 1 heterocycles. The van der Waals surface area contributed by atoms with E-state index in [1.54, 1.807) is 16.1 Å². The number of hydrogen-bond acceptors (Lipinski definition) is 5. The number of pyridine rings is 1. The Kier molecular flexibility index (Phi) is 9.28. The predicted molar refractivity (Wildman–Crippen MR) is 124 cm³/mol. The lowest BCUT2D eigenvalue weighted by Gasteiger charge is -2.20. The van der Waals surface area contributed by atoms with Gasteiger partial charge in [-0.1, -0.05) is 41.0 Å². The van der Waals surface area contributed by atoms with Crippen molar-refractivity contribution in [1.82, 2.24) is 9.29 Å². The van der Waals surface area contributed by atoms with Crippen molar-refractivity contribution < 1.29 is 4.79 Å². The first-order valence-corrected chi connectivity index (χ1v) is 12.0. The summed E-state index contributed by atoms with van der Waals surface area (Å²) in [6, 6.07) is 9.74. The zero-order valence-corrected chi connectivity index (χ0v) is 20.2. The zero-order chi connectivity index (χ0) is 19.8. The quantitative estimate of drug-likeness (QED) is 0.291. The van der Waals surface area contributed by atoms with Crippen LogP contribution in [0.2, 0.25) is 0 Å². The Balaban J connectivity index is 2.16. The number of amides is 2. The Labute approximate surface area is 185 Å². The average Bonchev–Trinajstić information content (AvgIpc) is 2.61. The molecule has 0 aliphatic rings. The molecule has 0 saturated heterocycles. The number of nitrogens with zero attached hydrogens (tertiary/aromatic N) is 2. The first-order chi connectivity index (χ1) is 12.9. The first kappa shape index (κ1) is 22.4. The molecule has 0 atom stereocenters. The first-order valence-electron chi connectivity index (χ1n) is 8.41. The van der Waals surface area contributed by atoms with Crippen LogP contribution in [0.4, 0.5) is 16.3 Å². The molecule has 0 bridgehead atoms. The van der Waals surface area contributed by atoms with Crippen LogP contribution in [0.3, 0.4) is 0 Å². The van der Waals surface area contributed by atoms with Crippen LogP contribution in [0.1, 0.15) is 19.8 Å². The smallest absolute Gasteiger partial charge is 0.331 e. The van der Waals surface area contributed by atoms with Gasteiger partial charge in [-0.25, -0.2) is 9.78 Å². The summed E-state index contributed by atoms with van der Waals surface area (Å²) in [4.78, 5) is 18.9. The average molecular weight is 534 g/mol. The van der Waals surface area contributed by atoms with E-state index in [-0.39, 0.29) is 6.03 Å². The third kappa shape index (κ3) is 7.21. The second-order valence-electron chi connectivity index (χ2n) is 5.61. The highest BCUT2D eigenvalue weighted by Crippen LogP contribution is 2.34. The second-order valence-corrected chi connectivity index (χ2v) is 9.29. The molecule has 5 nitrogen and oxygen atoms in total. The molecule has 0 unspecified atom stereocenters. The molecular formula is C18H22Br2N4OS2. The number of benzene rings is 1. The molecule has 2 aromatic rings. The van der Waals surface area contributed by atoms with Crippen LogP contribution in [0, 0.1) is 0 Å². The Hall–Kier alpha value is -0.900. The van der Waals surface area contributed by atoms with Crippen LogP contribution in [-0.4, -0.2) is 35.2 Å². The molecule has 2 rings (SSSR count). The normalized spacial score (nSPS) is 10.6. The molecule has 0 aliphatic carbocycles. The van der Waals surface area contributed by atoms with Crippen molar-refractivity contribution in [3.8, 4) is 0 Å². The van der Waals surface area contributed by atoms with E-state index in [0.29, 0.717) is 0 Å². The molecule has 1 aromatic carbocycles. The SMILES string of the molecule is CCCCN(SC)C(=O)Nc1cc(Br)cc(Sc2cc(Br)nc(NC)c2)c1. The van der Waals surface area contributed by atoms with Gasteiger partial charge in [0.1, 0.15) is 10.4 Å². The summed E-state index contributed by atoms with van der Waals surface area (Å²) >= 11 is 10.0. The predicted octanol–water partition coefficient (Wildman–Crippen LogP) is 6.71. The minimum atomic E-state index is -0.103. The molecule has 146 valence electrons. The molecule has 0 fully saturated rings. The van der Waals surface area contributed by atoms with Crippen LogP contribution in [0.25, 0.3) is 0 Å². The molecule has 2 amide bonds. The van der Waals surface area contributed by atoms with Gasteiger partial charge in [0.25, 0.3) is 0 Å². The number of halogens is 2. The van der Waals surface area contributed by atoms with Crippen molar-refractivity contribution in [3.63, 3.8) is 0 Å². The summed E-state index contributed by atoms with van der Waals surface area (Å²) in [5, 5.41) is 6.04. The van der Waals surface area contributed by atoms with Crippen molar-refractivity contribution >= 4 is 73.1 Å². The van der Waals surface area contributed by atoms with E-state index in [2.05, 4.69) is 54.4 Å². The minimum Gasteiger partial charge on any atom is -0.373 e. The van der Waals surface area contributed by atoms with Crippen molar-refractivity contribution in [1.29, 1.82) is 0 Å². The minimum absolute atomic E-state index is 0.103. The van der Waals surface area contributed by atoms with Crippen LogP contribution in [-0.2, 0) is 0 Å². The van der Waals surface area contributed by atoms with E-state index in [4.69, 9.17) is 0 Å². The van der Waals surface area contributed by atoms with Gasteiger partial charge < -0.3 is 10.6 Å². The largest absolute Gasteiger partial charge is 0.373 e. The number of carbonyl (C=O) groups excluding carboxylic acids is 1. The number of aromatic nitrogens is 1. The van der Waals surface area contributed by atoms with Crippen LogP contribution in [0.5, 0.6) is 0 Å². The summed E-state index contributed by atoms with van der Waals surface area (Å²) in [6.07, 6.45) is 3.95. The number of hydrogen-bond donors (Lipinski definition) is 2. The fraction of sp³-hybridized carbons (Fsp3) is 0.333. The number of anilines is 2. The molecule has 0 radical (unpaired) electrons. The monoisotopic (exact) mass is 532 g/mol. The standard InChI is InChI=1S/C18H22Br2N4OS2/c1-4-5-6-24(26-3)18(25)22-13-7-12(19)8-14(9-13)27-15-10-16(20)23-17(11-15)21-2/h7-11H,4-6H2,1-3H3,(H,21,23)(H,22,25). The van der Waals surface area contributed by atoms with Gasteiger partial charge in [0.15, 0.2) is 0 Å². The van der Waals surface area contributed by atoms with Gasteiger partial charge in [-0.2, -0.15) is 0 Å². The molecule has 0 spiro atoms. The molecule has 1 aromatic heterocycles. The second kappa shape index (κ2) is 11.2. The Bertz CT molecular complexity index is 792. The van der Waals surface area contributed by atoms with E-state index in [1.807, 2.05) is 43.6 Å². The number of carbonyl (C=O) groups is 1. The summed E-state index contributed by atoms with van der Waals surface area (Å²) in [5.74, 6) is 0.793. The van der Waals surface area contributed by atoms with E-state index in [1.165, 1.54) is 11.9 Å². The highest BCUT2D eigenvalue weighted by atomic mass is 79.9. The third-order valence-electron chi connectivity index (χ3n) is 3.54. The summed E-state index contributed by atoms with van der Waals surface area (Å²) < 4.78 is 3.43. The lowest BCUT2D eigenvalue weighted by molar-refractivity contribution is 0.238. The van der Waals surface area contributed by atoms with Gasteiger partial charge in [-0.15, -0.1) is 0 Å². The maximum Gasteiger partial charge on any atom is 0.331 e. The Morgan fingerprint density at radius 1 is 1.19 bits per heavy atom. The highest BCUT2D eigenvalue weighted by molar-refractivity contribution is 9.10. The topological polar surface area (TPSA) is 57.3 Å². The molecule has 27 heavy (non-hydrogen) atoms. The molecule has 0 aliphatic heterocycles. The fourth-order valence-corrected chi connectivity index (χ4v) is 5.00. The van der Waals surface area contributed by atoms with E-state index in [9.17, 15) is 4.79 Å². The van der Waals surface area contributed by atoms with Gasteiger partial charge in [0, 0.05) is 39.8 Å². The number of unbranched alkanes of at least 4 members (excludes halogenated alkanes) is 1. The van der Waals surface area contributed by atoms with Gasteiger partial charge in [0.05, 0.1) is 0 Å². The van der Waals surface area contributed by atoms with Gasteiger partial charge in [-0.3, -0.25) is 4.31 Å². The summed E-state index contributed by atoms with van der Waals surface area (Å²) in [6.45, 7) is 2.85. The molecule has 2 N–H and O–H groups in total. The molecular weight excluding hydrogens is 512 g/mol. The maximum absolute atomic E-state index is 12.5. The van der Waals surface area contributed by atoms with Gasteiger partial charge >= 0.3 is 6.03 Å². The van der Waals surface area contributed by atoms with Gasteiger partial charge in [0.2, 0.25) is 0 Å². The summed E-state index contributed by atoms with van der Waals surface area (Å²) in [7, 11) is 1.84. The third-order valence-corrected chi connectivity index (χ3v) is 6.14. The number of urea groups is 1. The van der Waals surface area contributed by atoms with E-state index in [0.717, 1.165) is 49.8 Å². The summed E-state index contributed by atoms with van der Waals surface area (Å²) in [5.41, 5.74) is 0.759. The zero-order valence-electron chi connectivity index (χ0n) is 15.4. The van der Waals surface area contributed by atoms with Crippen LogP contribution in [0.15, 0.2) is 49.2 Å². The maximum atomic E-state index is 12.5. The molecule has 9 heteroatoms. The van der Waals surface area contributed by atoms with E-state index >= 15 is 0 Å². The number of nitrogens with one attached hydrogen (secondary N) is 2. The Morgan fingerprint density at radius 3 is 2.59 bits per heavy atom. The fourth-order valence-electron chi connectivity index (χ4n) is 2.25. The van der Waals surface area contributed by atoms with Crippen LogP contribution >= 0.6 is 55.6 Å². The van der Waals surface area contributed by atoms with Gasteiger partial charge in [-0.05, 0) is 64.6 Å². The molecule has 0 saturated carbocycles. The van der Waals surface area contributed by atoms with Crippen molar-refractivity contribution in [2.75, 3.05) is 30.5 Å². The lowest BCUT2D eigenvalue weighted by Crippen LogP contribution is -2.29. The van der Waals surface area contributed by atoms with Crippen molar-refractivity contribution in [2.45, 2.75) is 29.6 Å². The van der Waals surface area contributed by atoms with Crippen molar-refractivity contribution in [3.05, 3.63) is 39.4 Å². The Morgan fingerprint density at radius 2 is 1.93 bits per heavy atom. The van der Waals surface area contributed by atoms with Crippen molar-refractivity contribution in [2.24, 2.45) is 0 Å². The number of rotatable bonds is 8.